The van der Waals surface area contributed by atoms with Crippen LogP contribution < -0.4 is 5.32 Å². The zero-order chi connectivity index (χ0) is 16.2. The van der Waals surface area contributed by atoms with Gasteiger partial charge in [0, 0.05) is 17.0 Å². The van der Waals surface area contributed by atoms with Crippen molar-refractivity contribution in [1.29, 1.82) is 0 Å². The lowest BCUT2D eigenvalue weighted by Gasteiger charge is -2.30. The van der Waals surface area contributed by atoms with Gasteiger partial charge >= 0.3 is 12.0 Å². The van der Waals surface area contributed by atoms with E-state index in [9.17, 15) is 9.59 Å². The fourth-order valence-electron chi connectivity index (χ4n) is 1.61. The van der Waals surface area contributed by atoms with Crippen LogP contribution >= 0.6 is 11.3 Å². The van der Waals surface area contributed by atoms with E-state index in [4.69, 9.17) is 0 Å². The summed E-state index contributed by atoms with van der Waals surface area (Å²) < 4.78 is 4.63. The summed E-state index contributed by atoms with van der Waals surface area (Å²) in [6.45, 7) is 10.0. The highest BCUT2D eigenvalue weighted by molar-refractivity contribution is 7.09. The van der Waals surface area contributed by atoms with Crippen LogP contribution in [0.3, 0.4) is 0 Å². The van der Waals surface area contributed by atoms with E-state index < -0.39 is 5.97 Å². The highest BCUT2D eigenvalue weighted by atomic mass is 32.1. The van der Waals surface area contributed by atoms with Crippen molar-refractivity contribution >= 4 is 23.3 Å². The van der Waals surface area contributed by atoms with Gasteiger partial charge in [-0.3, -0.25) is 0 Å². The van der Waals surface area contributed by atoms with E-state index in [-0.39, 0.29) is 23.3 Å². The summed E-state index contributed by atoms with van der Waals surface area (Å²) in [5.74, 6) is -0.465. The molecule has 0 aromatic carbocycles. The molecule has 1 aromatic rings. The SMILES string of the molecule is COC(=O)c1csc(CN(C(=O)NC(C)(C)C)C(C)C)n1. The molecule has 0 aliphatic carbocycles. The molecule has 0 bridgehead atoms. The molecule has 1 heterocycles. The number of amides is 2. The average molecular weight is 313 g/mol. The Morgan fingerprint density at radius 2 is 2.05 bits per heavy atom. The summed E-state index contributed by atoms with van der Waals surface area (Å²) in [7, 11) is 1.32. The fraction of sp³-hybridized carbons (Fsp3) is 0.643. The van der Waals surface area contributed by atoms with Crippen molar-refractivity contribution < 1.29 is 14.3 Å². The number of urea groups is 1. The monoisotopic (exact) mass is 313 g/mol. The number of rotatable bonds is 4. The van der Waals surface area contributed by atoms with E-state index in [1.165, 1.54) is 18.4 Å². The van der Waals surface area contributed by atoms with Gasteiger partial charge in [-0.05, 0) is 34.6 Å². The van der Waals surface area contributed by atoms with Gasteiger partial charge in [-0.25, -0.2) is 14.6 Å². The van der Waals surface area contributed by atoms with Gasteiger partial charge in [-0.2, -0.15) is 0 Å². The van der Waals surface area contributed by atoms with Gasteiger partial charge in [0.1, 0.15) is 5.01 Å². The largest absolute Gasteiger partial charge is 0.464 e. The maximum Gasteiger partial charge on any atom is 0.357 e. The van der Waals surface area contributed by atoms with Gasteiger partial charge in [0.25, 0.3) is 0 Å². The summed E-state index contributed by atoms with van der Waals surface area (Å²) >= 11 is 1.34. The maximum absolute atomic E-state index is 12.3. The second-order valence-electron chi connectivity index (χ2n) is 6.02. The van der Waals surface area contributed by atoms with Gasteiger partial charge in [-0.15, -0.1) is 11.3 Å². The molecule has 0 spiro atoms. The Hall–Kier alpha value is -1.63. The first-order valence-corrected chi connectivity index (χ1v) is 7.63. The van der Waals surface area contributed by atoms with Crippen molar-refractivity contribution in [3.63, 3.8) is 0 Å². The van der Waals surface area contributed by atoms with E-state index in [1.54, 1.807) is 10.3 Å². The van der Waals surface area contributed by atoms with E-state index in [2.05, 4.69) is 15.0 Å². The average Bonchev–Trinajstić information content (AvgIpc) is 2.80. The van der Waals surface area contributed by atoms with Crippen LogP contribution in [0.5, 0.6) is 0 Å². The minimum absolute atomic E-state index is 0.0258. The number of aromatic nitrogens is 1. The first-order chi connectivity index (χ1) is 9.64. The number of esters is 1. The fourth-order valence-corrected chi connectivity index (χ4v) is 2.37. The molecular weight excluding hydrogens is 290 g/mol. The van der Waals surface area contributed by atoms with Crippen LogP contribution in [0, 0.1) is 0 Å². The molecule has 0 saturated heterocycles. The second kappa shape index (κ2) is 6.89. The van der Waals surface area contributed by atoms with Crippen molar-refractivity contribution in [2.45, 2.75) is 52.7 Å². The van der Waals surface area contributed by atoms with Crippen molar-refractivity contribution in [1.82, 2.24) is 15.2 Å². The van der Waals surface area contributed by atoms with E-state index in [1.807, 2.05) is 34.6 Å². The number of carbonyl (C=O) groups excluding carboxylic acids is 2. The second-order valence-corrected chi connectivity index (χ2v) is 6.96. The van der Waals surface area contributed by atoms with Crippen LogP contribution in [-0.2, 0) is 11.3 Å². The highest BCUT2D eigenvalue weighted by Crippen LogP contribution is 2.15. The molecule has 1 aromatic heterocycles. The third-order valence-corrected chi connectivity index (χ3v) is 3.45. The Labute approximate surface area is 129 Å². The van der Waals surface area contributed by atoms with Crippen LogP contribution in [0.4, 0.5) is 4.79 Å². The summed E-state index contributed by atoms with van der Waals surface area (Å²) in [6.07, 6.45) is 0. The zero-order valence-corrected chi connectivity index (χ0v) is 14.2. The first-order valence-electron chi connectivity index (χ1n) is 6.75. The Morgan fingerprint density at radius 3 is 2.52 bits per heavy atom. The minimum atomic E-state index is -0.465. The molecule has 21 heavy (non-hydrogen) atoms. The lowest BCUT2D eigenvalue weighted by atomic mass is 10.1. The molecule has 0 fully saturated rings. The molecule has 0 radical (unpaired) electrons. The molecule has 6 nitrogen and oxygen atoms in total. The van der Waals surface area contributed by atoms with Crippen LogP contribution in [0.25, 0.3) is 0 Å². The van der Waals surface area contributed by atoms with Gasteiger partial charge in [0.15, 0.2) is 5.69 Å². The molecule has 1 rings (SSSR count). The Balaban J connectivity index is 2.82. The van der Waals surface area contributed by atoms with Crippen molar-refractivity contribution in [2.24, 2.45) is 0 Å². The maximum atomic E-state index is 12.3. The number of nitrogens with one attached hydrogen (secondary N) is 1. The van der Waals surface area contributed by atoms with Gasteiger partial charge in [0.2, 0.25) is 0 Å². The number of nitrogens with zero attached hydrogens (tertiary/aromatic N) is 2. The van der Waals surface area contributed by atoms with E-state index >= 15 is 0 Å². The lowest BCUT2D eigenvalue weighted by Crippen LogP contribution is -2.50. The molecule has 7 heteroatoms. The lowest BCUT2D eigenvalue weighted by molar-refractivity contribution is 0.0594. The Kier molecular flexibility index (Phi) is 5.71. The zero-order valence-electron chi connectivity index (χ0n) is 13.4. The first kappa shape index (κ1) is 17.4. The molecule has 0 atom stereocenters. The molecule has 1 N–H and O–H groups in total. The molecule has 0 aliphatic rings. The molecule has 118 valence electrons. The van der Waals surface area contributed by atoms with Crippen molar-refractivity contribution in [3.8, 4) is 0 Å². The normalized spacial score (nSPS) is 11.4. The van der Waals surface area contributed by atoms with Crippen LogP contribution in [-0.4, -0.2) is 40.6 Å². The quantitative estimate of drug-likeness (QED) is 0.867. The number of carbonyl (C=O) groups is 2. The predicted molar refractivity (Wildman–Crippen MR) is 82.4 cm³/mol. The van der Waals surface area contributed by atoms with Crippen molar-refractivity contribution in [2.75, 3.05) is 7.11 Å². The Morgan fingerprint density at radius 1 is 1.43 bits per heavy atom. The predicted octanol–water partition coefficient (Wildman–Crippen LogP) is 2.65. The highest BCUT2D eigenvalue weighted by Gasteiger charge is 2.23. The summed E-state index contributed by atoms with van der Waals surface area (Å²) in [5, 5.41) is 5.28. The molecule has 0 saturated carbocycles. The number of hydrogen-bond donors (Lipinski definition) is 1. The number of ether oxygens (including phenoxy) is 1. The molecule has 2 amide bonds. The minimum Gasteiger partial charge on any atom is -0.464 e. The number of hydrogen-bond acceptors (Lipinski definition) is 5. The molecular formula is C14H23N3O3S. The topological polar surface area (TPSA) is 71.5 Å². The number of thiazole rings is 1. The number of methoxy groups -OCH3 is 1. The van der Waals surface area contributed by atoms with Gasteiger partial charge in [-0.1, -0.05) is 0 Å². The third kappa shape index (κ3) is 5.34. The molecule has 0 unspecified atom stereocenters. The Bertz CT molecular complexity index is 506. The van der Waals surface area contributed by atoms with Crippen LogP contribution in [0.15, 0.2) is 5.38 Å². The third-order valence-electron chi connectivity index (χ3n) is 2.62. The van der Waals surface area contributed by atoms with Crippen LogP contribution in [0.1, 0.15) is 50.1 Å². The standard InChI is InChI=1S/C14H23N3O3S/c1-9(2)17(13(19)16-14(3,4)5)7-11-15-10(8-21-11)12(18)20-6/h8-9H,7H2,1-6H3,(H,16,19). The summed E-state index contributed by atoms with van der Waals surface area (Å²) in [4.78, 5) is 29.6. The van der Waals surface area contributed by atoms with E-state index in [0.29, 0.717) is 11.6 Å². The van der Waals surface area contributed by atoms with E-state index in [0.717, 1.165) is 0 Å². The molecule has 0 aliphatic heterocycles. The van der Waals surface area contributed by atoms with Crippen molar-refractivity contribution in [3.05, 3.63) is 16.1 Å². The van der Waals surface area contributed by atoms with Crippen LogP contribution in [0.2, 0.25) is 0 Å². The smallest absolute Gasteiger partial charge is 0.357 e. The summed E-state index contributed by atoms with van der Waals surface area (Å²) in [6, 6.07) is -0.120. The summed E-state index contributed by atoms with van der Waals surface area (Å²) in [5.41, 5.74) is -0.0259. The van der Waals surface area contributed by atoms with Gasteiger partial charge < -0.3 is 15.0 Å². The van der Waals surface area contributed by atoms with Gasteiger partial charge in [0.05, 0.1) is 13.7 Å².